The second kappa shape index (κ2) is 7.98. The average Bonchev–Trinajstić information content (AvgIpc) is 2.97. The first-order valence-corrected chi connectivity index (χ1v) is 9.66. The fraction of sp³-hybridized carbons (Fsp3) is 0.286. The largest absolute Gasteiger partial charge is 0.508 e. The standard InChI is InChI=1S/C21H23NO3S/c1-14(23)20-19(13-26-12-15-7-5-4-6-8-15)25-18-10-9-17(24)16(21(18)20)11-22(2)3/h4-10,24H,11-13H2,1-3H3. The van der Waals surface area contributed by atoms with Gasteiger partial charge in [-0.15, -0.1) is 11.8 Å². The molecule has 0 fully saturated rings. The number of aromatic hydroxyl groups is 1. The molecule has 0 aliphatic rings. The molecule has 0 atom stereocenters. The van der Waals surface area contributed by atoms with E-state index in [1.54, 1.807) is 30.8 Å². The molecule has 26 heavy (non-hydrogen) atoms. The Morgan fingerprint density at radius 3 is 2.50 bits per heavy atom. The minimum absolute atomic E-state index is 0.0373. The van der Waals surface area contributed by atoms with Crippen LogP contribution in [0.15, 0.2) is 46.9 Å². The van der Waals surface area contributed by atoms with Gasteiger partial charge in [-0.1, -0.05) is 30.3 Å². The summed E-state index contributed by atoms with van der Waals surface area (Å²) in [6, 6.07) is 13.6. The van der Waals surface area contributed by atoms with E-state index in [-0.39, 0.29) is 11.5 Å². The first-order chi connectivity index (χ1) is 12.5. The lowest BCUT2D eigenvalue weighted by Gasteiger charge is -2.12. The van der Waals surface area contributed by atoms with E-state index in [4.69, 9.17) is 4.42 Å². The molecule has 3 rings (SSSR count). The van der Waals surface area contributed by atoms with Crippen molar-refractivity contribution in [2.75, 3.05) is 14.1 Å². The molecule has 136 valence electrons. The summed E-state index contributed by atoms with van der Waals surface area (Å²) >= 11 is 1.71. The lowest BCUT2D eigenvalue weighted by molar-refractivity contribution is 0.101. The summed E-state index contributed by atoms with van der Waals surface area (Å²) in [6.45, 7) is 2.10. The number of phenols is 1. The van der Waals surface area contributed by atoms with Gasteiger partial charge in [0, 0.05) is 23.2 Å². The van der Waals surface area contributed by atoms with Gasteiger partial charge in [0.2, 0.25) is 0 Å². The maximum atomic E-state index is 12.4. The normalized spacial score (nSPS) is 11.4. The van der Waals surface area contributed by atoms with Crippen LogP contribution in [-0.4, -0.2) is 29.9 Å². The Morgan fingerprint density at radius 1 is 1.12 bits per heavy atom. The molecule has 0 unspecified atom stereocenters. The first kappa shape index (κ1) is 18.5. The van der Waals surface area contributed by atoms with Crippen LogP contribution in [0.2, 0.25) is 0 Å². The van der Waals surface area contributed by atoms with Gasteiger partial charge in [-0.2, -0.15) is 0 Å². The number of hydrogen-bond acceptors (Lipinski definition) is 5. The Kier molecular flexibility index (Phi) is 5.69. The lowest BCUT2D eigenvalue weighted by Crippen LogP contribution is -2.11. The third-order valence-electron chi connectivity index (χ3n) is 4.18. The van der Waals surface area contributed by atoms with Crippen molar-refractivity contribution in [3.8, 4) is 5.75 Å². The number of hydrogen-bond donors (Lipinski definition) is 1. The molecule has 3 aromatic rings. The molecule has 1 N–H and O–H groups in total. The van der Waals surface area contributed by atoms with Gasteiger partial charge >= 0.3 is 0 Å². The number of Topliss-reactive ketones (excluding diaryl/α,β-unsaturated/α-hetero) is 1. The predicted octanol–water partition coefficient (Wildman–Crippen LogP) is 4.84. The van der Waals surface area contributed by atoms with Crippen LogP contribution in [0, 0.1) is 0 Å². The van der Waals surface area contributed by atoms with Gasteiger partial charge in [0.15, 0.2) is 5.78 Å². The summed E-state index contributed by atoms with van der Waals surface area (Å²) in [5.41, 5.74) is 3.22. The predicted molar refractivity (Wildman–Crippen MR) is 107 cm³/mol. The Balaban J connectivity index is 1.95. The number of carbonyl (C=O) groups is 1. The van der Waals surface area contributed by atoms with Crippen LogP contribution >= 0.6 is 11.8 Å². The zero-order valence-corrected chi connectivity index (χ0v) is 16.1. The van der Waals surface area contributed by atoms with Crippen LogP contribution in [0.4, 0.5) is 0 Å². The monoisotopic (exact) mass is 369 g/mol. The van der Waals surface area contributed by atoms with Gasteiger partial charge < -0.3 is 14.4 Å². The number of ketones is 1. The molecule has 0 saturated carbocycles. The highest BCUT2D eigenvalue weighted by atomic mass is 32.2. The molecule has 0 radical (unpaired) electrons. The Labute approximate surface area is 157 Å². The third-order valence-corrected chi connectivity index (χ3v) is 5.19. The van der Waals surface area contributed by atoms with E-state index in [0.717, 1.165) is 16.7 Å². The molecule has 0 aliphatic carbocycles. The number of thioether (sulfide) groups is 1. The summed E-state index contributed by atoms with van der Waals surface area (Å²) in [6.07, 6.45) is 0. The fourth-order valence-corrected chi connectivity index (χ4v) is 4.00. The van der Waals surface area contributed by atoms with Crippen LogP contribution in [-0.2, 0) is 18.1 Å². The molecule has 5 heteroatoms. The Morgan fingerprint density at radius 2 is 1.85 bits per heavy atom. The zero-order chi connectivity index (χ0) is 18.7. The van der Waals surface area contributed by atoms with Crippen LogP contribution < -0.4 is 0 Å². The highest BCUT2D eigenvalue weighted by molar-refractivity contribution is 7.97. The maximum absolute atomic E-state index is 12.4. The van der Waals surface area contributed by atoms with Crippen LogP contribution in [0.5, 0.6) is 5.75 Å². The average molecular weight is 369 g/mol. The number of fused-ring (bicyclic) bond motifs is 1. The number of phenolic OH excluding ortho intramolecular Hbond substituents is 1. The van der Waals surface area contributed by atoms with E-state index >= 15 is 0 Å². The van der Waals surface area contributed by atoms with Crippen molar-refractivity contribution in [3.63, 3.8) is 0 Å². The van der Waals surface area contributed by atoms with Gasteiger partial charge in [-0.3, -0.25) is 4.79 Å². The van der Waals surface area contributed by atoms with Crippen molar-refractivity contribution in [1.82, 2.24) is 4.90 Å². The molecular formula is C21H23NO3S. The van der Waals surface area contributed by atoms with Gasteiger partial charge in [-0.25, -0.2) is 0 Å². The van der Waals surface area contributed by atoms with Gasteiger partial charge in [0.05, 0.1) is 11.3 Å². The zero-order valence-electron chi connectivity index (χ0n) is 15.3. The van der Waals surface area contributed by atoms with E-state index in [2.05, 4.69) is 12.1 Å². The highest BCUT2D eigenvalue weighted by Crippen LogP contribution is 2.36. The van der Waals surface area contributed by atoms with E-state index in [1.165, 1.54) is 5.56 Å². The van der Waals surface area contributed by atoms with E-state index in [0.29, 0.717) is 29.2 Å². The highest BCUT2D eigenvalue weighted by Gasteiger charge is 2.22. The molecule has 1 heterocycles. The molecule has 1 aromatic heterocycles. The minimum Gasteiger partial charge on any atom is -0.508 e. The van der Waals surface area contributed by atoms with Crippen molar-refractivity contribution in [3.05, 3.63) is 64.9 Å². The topological polar surface area (TPSA) is 53.7 Å². The van der Waals surface area contributed by atoms with Crippen LogP contribution in [0.1, 0.15) is 34.2 Å². The fourth-order valence-electron chi connectivity index (χ4n) is 3.08. The van der Waals surface area contributed by atoms with Gasteiger partial charge in [0.1, 0.15) is 17.1 Å². The van der Waals surface area contributed by atoms with E-state index < -0.39 is 0 Å². The van der Waals surface area contributed by atoms with Gasteiger partial charge in [-0.05, 0) is 38.7 Å². The Hall–Kier alpha value is -2.24. The SMILES string of the molecule is CC(=O)c1c(CSCc2ccccc2)oc2ccc(O)c(CN(C)C)c12. The number of rotatable bonds is 7. The summed E-state index contributed by atoms with van der Waals surface area (Å²) in [4.78, 5) is 14.3. The summed E-state index contributed by atoms with van der Waals surface area (Å²) < 4.78 is 6.00. The first-order valence-electron chi connectivity index (χ1n) is 8.51. The van der Waals surface area contributed by atoms with Crippen molar-refractivity contribution >= 4 is 28.5 Å². The number of benzene rings is 2. The molecular weight excluding hydrogens is 346 g/mol. The second-order valence-electron chi connectivity index (χ2n) is 6.61. The number of furan rings is 1. The quantitative estimate of drug-likeness (QED) is 0.604. The molecule has 4 nitrogen and oxygen atoms in total. The molecule has 2 aromatic carbocycles. The number of nitrogens with zero attached hydrogens (tertiary/aromatic N) is 1. The van der Waals surface area contributed by atoms with Crippen molar-refractivity contribution < 1.29 is 14.3 Å². The minimum atomic E-state index is -0.0373. The summed E-state index contributed by atoms with van der Waals surface area (Å²) in [7, 11) is 3.87. The third kappa shape index (κ3) is 3.94. The van der Waals surface area contributed by atoms with Crippen molar-refractivity contribution in [2.45, 2.75) is 25.0 Å². The van der Waals surface area contributed by atoms with Crippen molar-refractivity contribution in [2.24, 2.45) is 0 Å². The molecule has 0 bridgehead atoms. The van der Waals surface area contributed by atoms with Crippen LogP contribution in [0.25, 0.3) is 11.0 Å². The van der Waals surface area contributed by atoms with Crippen molar-refractivity contribution in [1.29, 1.82) is 0 Å². The van der Waals surface area contributed by atoms with E-state index in [9.17, 15) is 9.90 Å². The number of carbonyl (C=O) groups excluding carboxylic acids is 1. The Bertz CT molecular complexity index is 916. The maximum Gasteiger partial charge on any atom is 0.163 e. The molecule has 0 saturated heterocycles. The summed E-state index contributed by atoms with van der Waals surface area (Å²) in [5.74, 6) is 2.30. The van der Waals surface area contributed by atoms with Crippen LogP contribution in [0.3, 0.4) is 0 Å². The second-order valence-corrected chi connectivity index (χ2v) is 7.59. The molecule has 0 spiro atoms. The smallest absolute Gasteiger partial charge is 0.163 e. The summed E-state index contributed by atoms with van der Waals surface area (Å²) in [5, 5.41) is 11.1. The molecule has 0 aliphatic heterocycles. The van der Waals surface area contributed by atoms with E-state index in [1.807, 2.05) is 37.2 Å². The molecule has 0 amide bonds. The lowest BCUT2D eigenvalue weighted by atomic mass is 10.0. The van der Waals surface area contributed by atoms with Gasteiger partial charge in [0.25, 0.3) is 0 Å².